The molecule has 114 valence electrons. The van der Waals surface area contributed by atoms with Gasteiger partial charge in [0.15, 0.2) is 5.41 Å². The molecule has 2 aliphatic rings. The van der Waals surface area contributed by atoms with Crippen molar-refractivity contribution in [3.05, 3.63) is 0 Å². The third-order valence-electron chi connectivity index (χ3n) is 4.49. The van der Waals surface area contributed by atoms with Crippen LogP contribution in [0.3, 0.4) is 0 Å². The van der Waals surface area contributed by atoms with Gasteiger partial charge >= 0.3 is 12.1 Å². The van der Waals surface area contributed by atoms with Gasteiger partial charge < -0.3 is 10.0 Å². The molecule has 1 heterocycles. The molecule has 0 bridgehead atoms. The van der Waals surface area contributed by atoms with Crippen molar-refractivity contribution in [2.45, 2.75) is 44.7 Å². The highest BCUT2D eigenvalue weighted by molar-refractivity contribution is 5.82. The third kappa shape index (κ3) is 2.50. The minimum atomic E-state index is -4.83. The van der Waals surface area contributed by atoms with E-state index in [0.29, 0.717) is 12.8 Å². The second kappa shape index (κ2) is 5.26. The van der Waals surface area contributed by atoms with Crippen LogP contribution >= 0.6 is 0 Å². The first-order valence-corrected chi connectivity index (χ1v) is 6.87. The van der Waals surface area contributed by atoms with Crippen molar-refractivity contribution in [2.24, 2.45) is 11.3 Å². The molecule has 0 spiro atoms. The molecule has 1 unspecified atom stereocenters. The van der Waals surface area contributed by atoms with Crippen molar-refractivity contribution in [2.75, 3.05) is 13.1 Å². The molecule has 1 N–H and O–H groups in total. The molecule has 4 nitrogen and oxygen atoms in total. The number of carbonyl (C=O) groups is 2. The highest BCUT2D eigenvalue weighted by Gasteiger charge is 2.64. The van der Waals surface area contributed by atoms with Gasteiger partial charge in [-0.25, -0.2) is 0 Å². The maximum absolute atomic E-state index is 13.0. The van der Waals surface area contributed by atoms with Crippen LogP contribution in [-0.2, 0) is 9.59 Å². The molecule has 1 atom stereocenters. The quantitative estimate of drug-likeness (QED) is 0.850. The molecular weight excluding hydrogens is 275 g/mol. The highest BCUT2D eigenvalue weighted by Crippen LogP contribution is 2.46. The fourth-order valence-electron chi connectivity index (χ4n) is 3.13. The summed E-state index contributed by atoms with van der Waals surface area (Å²) >= 11 is 0. The summed E-state index contributed by atoms with van der Waals surface area (Å²) in [5.74, 6) is -2.43. The Bertz CT molecular complexity index is 404. The molecule has 7 heteroatoms. The summed E-state index contributed by atoms with van der Waals surface area (Å²) in [5, 5.41) is 8.95. The van der Waals surface area contributed by atoms with Gasteiger partial charge in [-0.2, -0.15) is 13.2 Å². The number of aliphatic carboxylic acids is 1. The summed E-state index contributed by atoms with van der Waals surface area (Å²) in [7, 11) is 0. The minimum Gasteiger partial charge on any atom is -0.481 e. The smallest absolute Gasteiger partial charge is 0.406 e. The zero-order valence-electron chi connectivity index (χ0n) is 11.1. The summed E-state index contributed by atoms with van der Waals surface area (Å²) in [6.45, 7) is -0.873. The van der Waals surface area contributed by atoms with Crippen LogP contribution in [0.2, 0.25) is 0 Å². The lowest BCUT2D eigenvalue weighted by molar-refractivity contribution is -0.227. The molecule has 20 heavy (non-hydrogen) atoms. The fourth-order valence-corrected chi connectivity index (χ4v) is 3.13. The monoisotopic (exact) mass is 293 g/mol. The van der Waals surface area contributed by atoms with Crippen LogP contribution in [0.4, 0.5) is 13.2 Å². The number of likely N-dealkylation sites (tertiary alicyclic amines) is 1. The Morgan fingerprint density at radius 1 is 1.15 bits per heavy atom. The average molecular weight is 293 g/mol. The maximum atomic E-state index is 13.0. The van der Waals surface area contributed by atoms with Crippen molar-refractivity contribution in [3.63, 3.8) is 0 Å². The van der Waals surface area contributed by atoms with Crippen molar-refractivity contribution in [1.82, 2.24) is 4.90 Å². The average Bonchev–Trinajstić information content (AvgIpc) is 2.85. The molecule has 0 aromatic heterocycles. The molecule has 2 rings (SSSR count). The van der Waals surface area contributed by atoms with Gasteiger partial charge in [-0.3, -0.25) is 9.59 Å². The van der Waals surface area contributed by atoms with E-state index in [9.17, 15) is 22.8 Å². The van der Waals surface area contributed by atoms with Gasteiger partial charge in [-0.05, 0) is 19.3 Å². The number of hydrogen-bond donors (Lipinski definition) is 1. The van der Waals surface area contributed by atoms with Crippen LogP contribution in [0.5, 0.6) is 0 Å². The lowest BCUT2D eigenvalue weighted by Gasteiger charge is -2.29. The summed E-state index contributed by atoms with van der Waals surface area (Å²) in [6.07, 6.45) is -1.12. The van der Waals surface area contributed by atoms with Crippen molar-refractivity contribution >= 4 is 11.9 Å². The molecule has 1 saturated carbocycles. The van der Waals surface area contributed by atoms with Gasteiger partial charge in [-0.15, -0.1) is 0 Å². The standard InChI is InChI=1S/C13H18F3NO3/c14-13(15,16)12(11(19)20)6-7-17(8-12)10(18)9-4-2-1-3-5-9/h9H,1-8H2,(H,19,20). The SMILES string of the molecule is O=C(C1CCCCC1)N1CCC(C(=O)O)(C(F)(F)F)C1. The van der Waals surface area contributed by atoms with E-state index in [0.717, 1.165) is 24.2 Å². The summed E-state index contributed by atoms with van der Waals surface area (Å²) in [5.41, 5.74) is -2.79. The minimum absolute atomic E-state index is 0.124. The third-order valence-corrected chi connectivity index (χ3v) is 4.49. The van der Waals surface area contributed by atoms with E-state index >= 15 is 0 Å². The molecule has 0 aromatic carbocycles. The fraction of sp³-hybridized carbons (Fsp3) is 0.846. The van der Waals surface area contributed by atoms with Crippen LogP contribution < -0.4 is 0 Å². The zero-order chi connectivity index (χ0) is 15.0. The van der Waals surface area contributed by atoms with E-state index in [4.69, 9.17) is 5.11 Å². The van der Waals surface area contributed by atoms with Gasteiger partial charge in [0.2, 0.25) is 5.91 Å². The van der Waals surface area contributed by atoms with E-state index in [1.54, 1.807) is 0 Å². The molecule has 1 amide bonds. The summed E-state index contributed by atoms with van der Waals surface area (Å²) in [4.78, 5) is 24.4. The van der Waals surface area contributed by atoms with Gasteiger partial charge in [-0.1, -0.05) is 19.3 Å². The predicted molar refractivity (Wildman–Crippen MR) is 63.9 cm³/mol. The number of amides is 1. The van der Waals surface area contributed by atoms with Crippen LogP contribution in [0, 0.1) is 11.3 Å². The van der Waals surface area contributed by atoms with E-state index in [-0.39, 0.29) is 18.4 Å². The maximum Gasteiger partial charge on any atom is 0.406 e. The van der Waals surface area contributed by atoms with Gasteiger partial charge in [0, 0.05) is 19.0 Å². The molecule has 0 aromatic rings. The van der Waals surface area contributed by atoms with Crippen molar-refractivity contribution < 1.29 is 27.9 Å². The van der Waals surface area contributed by atoms with Crippen molar-refractivity contribution in [3.8, 4) is 0 Å². The number of halogens is 3. The Hall–Kier alpha value is -1.27. The Morgan fingerprint density at radius 2 is 1.75 bits per heavy atom. The molecule has 1 aliphatic carbocycles. The Balaban J connectivity index is 2.10. The van der Waals surface area contributed by atoms with Crippen LogP contribution in [-0.4, -0.2) is 41.1 Å². The first-order valence-electron chi connectivity index (χ1n) is 6.87. The molecule has 2 fully saturated rings. The highest BCUT2D eigenvalue weighted by atomic mass is 19.4. The van der Waals surface area contributed by atoms with E-state index in [1.165, 1.54) is 0 Å². The number of carbonyl (C=O) groups excluding carboxylic acids is 1. The Morgan fingerprint density at radius 3 is 2.20 bits per heavy atom. The summed E-state index contributed by atoms with van der Waals surface area (Å²) in [6, 6.07) is 0. The predicted octanol–water partition coefficient (Wildman–Crippen LogP) is 2.43. The van der Waals surface area contributed by atoms with E-state index < -0.39 is 30.5 Å². The number of nitrogens with zero attached hydrogens (tertiary/aromatic N) is 1. The van der Waals surface area contributed by atoms with E-state index in [2.05, 4.69) is 0 Å². The first kappa shape index (κ1) is 15.1. The van der Waals surface area contributed by atoms with E-state index in [1.807, 2.05) is 0 Å². The topological polar surface area (TPSA) is 57.6 Å². The largest absolute Gasteiger partial charge is 0.481 e. The Labute approximate surface area is 114 Å². The number of alkyl halides is 3. The van der Waals surface area contributed by atoms with Crippen molar-refractivity contribution in [1.29, 1.82) is 0 Å². The summed E-state index contributed by atoms with van der Waals surface area (Å²) < 4.78 is 39.1. The Kier molecular flexibility index (Phi) is 3.97. The number of carboxylic acid groups (broad SMARTS) is 1. The van der Waals surface area contributed by atoms with Crippen LogP contribution in [0.15, 0.2) is 0 Å². The second-order valence-corrected chi connectivity index (χ2v) is 5.73. The molecule has 1 aliphatic heterocycles. The van der Waals surface area contributed by atoms with Crippen LogP contribution in [0.25, 0.3) is 0 Å². The zero-order valence-corrected chi connectivity index (χ0v) is 11.1. The van der Waals surface area contributed by atoms with Crippen LogP contribution in [0.1, 0.15) is 38.5 Å². The number of hydrogen-bond acceptors (Lipinski definition) is 2. The molecule has 0 radical (unpaired) electrons. The first-order chi connectivity index (χ1) is 9.28. The lowest BCUT2D eigenvalue weighted by Crippen LogP contribution is -2.48. The number of rotatable bonds is 2. The lowest BCUT2D eigenvalue weighted by atomic mass is 9.86. The normalized spacial score (nSPS) is 28.6. The molecular formula is C13H18F3NO3. The van der Waals surface area contributed by atoms with Gasteiger partial charge in [0.25, 0.3) is 0 Å². The van der Waals surface area contributed by atoms with Gasteiger partial charge in [0.1, 0.15) is 0 Å². The number of carboxylic acids is 1. The molecule has 1 saturated heterocycles. The van der Waals surface area contributed by atoms with Gasteiger partial charge in [0.05, 0.1) is 0 Å². The second-order valence-electron chi connectivity index (χ2n) is 5.73.